The number of aryl methyl sites for hydroxylation is 1. The molecule has 0 spiro atoms. The normalized spacial score (nSPS) is 12.3. The molecule has 0 saturated carbocycles. The van der Waals surface area contributed by atoms with Crippen molar-refractivity contribution in [3.05, 3.63) is 29.6 Å². The van der Waals surface area contributed by atoms with Crippen molar-refractivity contribution < 1.29 is 0 Å². The molecule has 0 aliphatic heterocycles. The van der Waals surface area contributed by atoms with Gasteiger partial charge in [-0.15, -0.1) is 0 Å². The molecule has 2 aromatic heterocycles. The van der Waals surface area contributed by atoms with Crippen molar-refractivity contribution in [2.24, 2.45) is 0 Å². The number of aromatic nitrogens is 2. The number of hydrogen-bond donors (Lipinski definition) is 1. The molecule has 0 aliphatic rings. The molecular weight excluding hydrogens is 172 g/mol. The minimum absolute atomic E-state index is 0.161. The fraction of sp³-hybridized carbons (Fsp3) is 0.417. The molecule has 0 radical (unpaired) electrons. The van der Waals surface area contributed by atoms with Gasteiger partial charge in [-0.1, -0.05) is 20.8 Å². The van der Waals surface area contributed by atoms with E-state index in [1.807, 2.05) is 13.0 Å². The topological polar surface area (TPSA) is 28.7 Å². The number of rotatable bonds is 0. The van der Waals surface area contributed by atoms with Gasteiger partial charge in [0.15, 0.2) is 0 Å². The highest BCUT2D eigenvalue weighted by Gasteiger charge is 2.16. The summed E-state index contributed by atoms with van der Waals surface area (Å²) in [6, 6.07) is 6.26. The lowest BCUT2D eigenvalue weighted by Gasteiger charge is -2.15. The van der Waals surface area contributed by atoms with E-state index >= 15 is 0 Å². The molecule has 2 rings (SSSR count). The summed E-state index contributed by atoms with van der Waals surface area (Å²) in [4.78, 5) is 7.88. The van der Waals surface area contributed by atoms with Crippen LogP contribution >= 0.6 is 0 Å². The first-order valence-corrected chi connectivity index (χ1v) is 4.94. The molecule has 2 heterocycles. The predicted octanol–water partition coefficient (Wildman–Crippen LogP) is 3.17. The molecule has 0 amide bonds. The fourth-order valence-corrected chi connectivity index (χ4v) is 1.51. The van der Waals surface area contributed by atoms with E-state index in [9.17, 15) is 0 Å². The first-order valence-electron chi connectivity index (χ1n) is 4.94. The summed E-state index contributed by atoms with van der Waals surface area (Å²) in [5.74, 6) is 0. The Kier molecular flexibility index (Phi) is 1.88. The number of pyridine rings is 1. The summed E-state index contributed by atoms with van der Waals surface area (Å²) in [6.07, 6.45) is 0. The maximum absolute atomic E-state index is 4.48. The summed E-state index contributed by atoms with van der Waals surface area (Å²) in [7, 11) is 0. The summed E-state index contributed by atoms with van der Waals surface area (Å²) in [5, 5.41) is 0. The smallest absolute Gasteiger partial charge is 0.0885 e. The number of H-pyrrole nitrogens is 1. The second kappa shape index (κ2) is 2.84. The van der Waals surface area contributed by atoms with Crippen molar-refractivity contribution >= 4 is 11.0 Å². The second-order valence-electron chi connectivity index (χ2n) is 4.82. The van der Waals surface area contributed by atoms with Crippen LogP contribution in [0.2, 0.25) is 0 Å². The van der Waals surface area contributed by atoms with E-state index in [0.717, 1.165) is 16.7 Å². The molecule has 0 saturated heterocycles. The molecule has 0 aliphatic carbocycles. The molecule has 0 unspecified atom stereocenters. The van der Waals surface area contributed by atoms with Gasteiger partial charge in [-0.25, -0.2) is 0 Å². The van der Waals surface area contributed by atoms with Crippen molar-refractivity contribution in [1.29, 1.82) is 0 Å². The van der Waals surface area contributed by atoms with Crippen LogP contribution in [0.25, 0.3) is 11.0 Å². The Bertz CT molecular complexity index is 461. The van der Waals surface area contributed by atoms with Gasteiger partial charge >= 0.3 is 0 Å². The van der Waals surface area contributed by atoms with E-state index < -0.39 is 0 Å². The van der Waals surface area contributed by atoms with Crippen LogP contribution in [0.15, 0.2) is 18.2 Å². The Balaban J connectivity index is 2.63. The lowest BCUT2D eigenvalue weighted by Crippen LogP contribution is -2.10. The monoisotopic (exact) mass is 188 g/mol. The molecule has 74 valence electrons. The van der Waals surface area contributed by atoms with Gasteiger partial charge in [0.2, 0.25) is 0 Å². The maximum Gasteiger partial charge on any atom is 0.0885 e. The Hall–Kier alpha value is -1.31. The minimum Gasteiger partial charge on any atom is -0.357 e. The molecule has 2 heteroatoms. The average molecular weight is 188 g/mol. The minimum atomic E-state index is 0.161. The van der Waals surface area contributed by atoms with Crippen LogP contribution in [0.5, 0.6) is 0 Å². The van der Waals surface area contributed by atoms with Crippen molar-refractivity contribution in [3.8, 4) is 0 Å². The average Bonchev–Trinajstić information content (AvgIpc) is 2.45. The molecule has 2 nitrogen and oxygen atoms in total. The van der Waals surface area contributed by atoms with E-state index in [1.165, 1.54) is 5.69 Å². The first kappa shape index (κ1) is 9.25. The molecule has 0 aromatic carbocycles. The first-order chi connectivity index (χ1) is 6.47. The second-order valence-corrected chi connectivity index (χ2v) is 4.82. The summed E-state index contributed by atoms with van der Waals surface area (Å²) < 4.78 is 0. The highest BCUT2D eigenvalue weighted by molar-refractivity contribution is 5.76. The highest BCUT2D eigenvalue weighted by Crippen LogP contribution is 2.24. The van der Waals surface area contributed by atoms with Crippen LogP contribution in [0.3, 0.4) is 0 Å². The van der Waals surface area contributed by atoms with Crippen LogP contribution in [-0.4, -0.2) is 9.97 Å². The molecule has 2 aromatic rings. The lowest BCUT2D eigenvalue weighted by molar-refractivity contribution is 0.574. The Morgan fingerprint density at radius 3 is 2.57 bits per heavy atom. The van der Waals surface area contributed by atoms with Crippen molar-refractivity contribution in [2.45, 2.75) is 33.1 Å². The van der Waals surface area contributed by atoms with Gasteiger partial charge in [-0.2, -0.15) is 0 Å². The zero-order chi connectivity index (χ0) is 10.3. The summed E-state index contributed by atoms with van der Waals surface area (Å²) >= 11 is 0. The Morgan fingerprint density at radius 2 is 1.93 bits per heavy atom. The highest BCUT2D eigenvalue weighted by atomic mass is 14.8. The van der Waals surface area contributed by atoms with Crippen LogP contribution < -0.4 is 0 Å². The van der Waals surface area contributed by atoms with Gasteiger partial charge in [-0.05, 0) is 25.1 Å². The zero-order valence-electron chi connectivity index (χ0n) is 9.18. The summed E-state index contributed by atoms with van der Waals surface area (Å²) in [6.45, 7) is 8.61. The largest absolute Gasteiger partial charge is 0.357 e. The Labute approximate surface area is 84.4 Å². The molecule has 1 N–H and O–H groups in total. The van der Waals surface area contributed by atoms with E-state index in [0.29, 0.717) is 0 Å². The third kappa shape index (κ3) is 1.52. The van der Waals surface area contributed by atoms with Crippen LogP contribution in [0.4, 0.5) is 0 Å². The fourth-order valence-electron chi connectivity index (χ4n) is 1.51. The van der Waals surface area contributed by atoms with Crippen LogP contribution in [-0.2, 0) is 5.41 Å². The van der Waals surface area contributed by atoms with Gasteiger partial charge in [0.25, 0.3) is 0 Å². The van der Waals surface area contributed by atoms with Gasteiger partial charge in [0.05, 0.1) is 11.0 Å². The van der Waals surface area contributed by atoms with Gasteiger partial charge in [0, 0.05) is 16.8 Å². The molecule has 0 bridgehead atoms. The maximum atomic E-state index is 4.48. The quantitative estimate of drug-likeness (QED) is 0.676. The van der Waals surface area contributed by atoms with Crippen molar-refractivity contribution in [2.75, 3.05) is 0 Å². The number of nitrogens with zero attached hydrogens (tertiary/aromatic N) is 1. The Morgan fingerprint density at radius 1 is 1.21 bits per heavy atom. The standard InChI is InChI=1S/C12H16N2/c1-8-5-6-9-10(13-8)7-11(14-9)12(2,3)4/h5-7,14H,1-4H3. The zero-order valence-corrected chi connectivity index (χ0v) is 9.18. The van der Waals surface area contributed by atoms with Gasteiger partial charge < -0.3 is 4.98 Å². The summed E-state index contributed by atoms with van der Waals surface area (Å²) in [5.41, 5.74) is 4.66. The number of hydrogen-bond acceptors (Lipinski definition) is 1. The number of aromatic amines is 1. The predicted molar refractivity (Wildman–Crippen MR) is 59.5 cm³/mol. The van der Waals surface area contributed by atoms with Crippen LogP contribution in [0.1, 0.15) is 32.2 Å². The SMILES string of the molecule is Cc1ccc2[nH]c(C(C)(C)C)cc2n1. The van der Waals surface area contributed by atoms with E-state index in [2.05, 4.69) is 42.9 Å². The molecule has 0 atom stereocenters. The molecular formula is C12H16N2. The van der Waals surface area contributed by atoms with Crippen molar-refractivity contribution in [1.82, 2.24) is 9.97 Å². The lowest BCUT2D eigenvalue weighted by atomic mass is 9.93. The third-order valence-electron chi connectivity index (χ3n) is 2.42. The van der Waals surface area contributed by atoms with Gasteiger partial charge in [0.1, 0.15) is 0 Å². The number of nitrogens with one attached hydrogen (secondary N) is 1. The van der Waals surface area contributed by atoms with E-state index in [4.69, 9.17) is 0 Å². The van der Waals surface area contributed by atoms with Crippen LogP contribution in [0, 0.1) is 6.92 Å². The number of fused-ring (bicyclic) bond motifs is 1. The van der Waals surface area contributed by atoms with Gasteiger partial charge in [-0.3, -0.25) is 4.98 Å². The van der Waals surface area contributed by atoms with Crippen molar-refractivity contribution in [3.63, 3.8) is 0 Å². The molecule has 0 fully saturated rings. The van der Waals surface area contributed by atoms with E-state index in [-0.39, 0.29) is 5.41 Å². The third-order valence-corrected chi connectivity index (χ3v) is 2.42. The molecule has 14 heavy (non-hydrogen) atoms. The van der Waals surface area contributed by atoms with E-state index in [1.54, 1.807) is 0 Å².